The van der Waals surface area contributed by atoms with Gasteiger partial charge in [0.25, 0.3) is 0 Å². The first-order chi connectivity index (χ1) is 30.4. The number of anilines is 3. The Morgan fingerprint density at radius 3 is 1.46 bits per heavy atom. The molecule has 2 heterocycles. The van der Waals surface area contributed by atoms with Crippen molar-refractivity contribution in [2.75, 3.05) is 4.90 Å². The molecule has 0 aliphatic rings. The Balaban J connectivity index is 1.10. The normalized spacial score (nSPS) is 11.7. The number of thiophene rings is 1. The molecule has 0 spiro atoms. The quantitative estimate of drug-likeness (QED) is 0.0880. The summed E-state index contributed by atoms with van der Waals surface area (Å²) < 4.78 is 153. The molecule has 0 N–H and O–H groups in total. The summed E-state index contributed by atoms with van der Waals surface area (Å²) in [6.45, 7) is 0. The van der Waals surface area contributed by atoms with Crippen LogP contribution < -0.4 is 4.90 Å². The Labute approximate surface area is 354 Å². The number of hydrogen-bond donors (Lipinski definition) is 0. The Morgan fingerprint density at radius 2 is 0.873 bits per heavy atom. The molecule has 0 bridgehead atoms. The molecular weight excluding hydrogens is 851 g/mol. The number of aromatic nitrogens is 1. The van der Waals surface area contributed by atoms with Gasteiger partial charge < -0.3 is 9.47 Å². The summed E-state index contributed by atoms with van der Waals surface area (Å²) in [5, 5.41) is 3.01. The molecule has 2 nitrogen and oxygen atoms in total. The average molecular weight is 875 g/mol. The smallest absolute Gasteiger partial charge is 0.200 e. The lowest BCUT2D eigenvalue weighted by Crippen LogP contribution is -2.17. The van der Waals surface area contributed by atoms with Gasteiger partial charge in [-0.1, -0.05) is 60.7 Å². The minimum atomic E-state index is -2.67. The van der Waals surface area contributed by atoms with Crippen LogP contribution in [0.5, 0.6) is 0 Å². The van der Waals surface area contributed by atoms with Crippen LogP contribution in [0.4, 0.5) is 61.0 Å². The van der Waals surface area contributed by atoms with Gasteiger partial charge in [0.2, 0.25) is 5.82 Å². The molecule has 13 heteroatoms. The van der Waals surface area contributed by atoms with E-state index in [1.807, 2.05) is 60.7 Å². The second kappa shape index (κ2) is 15.2. The van der Waals surface area contributed by atoms with Gasteiger partial charge in [-0.2, -0.15) is 0 Å². The molecule has 10 aromatic rings. The maximum atomic E-state index is 16.2. The van der Waals surface area contributed by atoms with Gasteiger partial charge in [-0.15, -0.1) is 11.3 Å². The topological polar surface area (TPSA) is 8.17 Å². The summed E-state index contributed by atoms with van der Waals surface area (Å²) in [6, 6.07) is 42.2. The molecule has 0 unspecified atom stereocenters. The standard InChI is InChI=1S/C50H24F10N2S/c51-29-14-18-32(19-15-29)61(50-48(59)43(54)40(44(55)49(50)60)39-41(52)45(56)47(58)46(57)42(39)53)31-16-10-25(11-17-31)26-12-20-35-33(22-26)34-23-28(38-24-27-6-4-5-9-37(27)63-38)13-21-36(34)62(35)30-7-2-1-3-8-30/h1-24H. The minimum Gasteiger partial charge on any atom is -0.309 e. The fraction of sp³-hybridized carbons (Fsp3) is 0. The minimum absolute atomic E-state index is 0.110. The van der Waals surface area contributed by atoms with Crippen LogP contribution in [0.25, 0.3) is 70.3 Å². The highest BCUT2D eigenvalue weighted by atomic mass is 32.1. The highest BCUT2D eigenvalue weighted by Gasteiger charge is 2.36. The lowest BCUT2D eigenvalue weighted by molar-refractivity contribution is 0.379. The largest absolute Gasteiger partial charge is 0.309 e. The zero-order chi connectivity index (χ0) is 43.8. The van der Waals surface area contributed by atoms with Crippen molar-refractivity contribution in [3.05, 3.63) is 204 Å². The number of nitrogens with zero attached hydrogens (tertiary/aromatic N) is 2. The number of para-hydroxylation sites is 1. The van der Waals surface area contributed by atoms with Gasteiger partial charge in [-0.05, 0) is 107 Å². The van der Waals surface area contributed by atoms with Gasteiger partial charge in [0.1, 0.15) is 11.5 Å². The van der Waals surface area contributed by atoms with E-state index in [-0.39, 0.29) is 11.4 Å². The summed E-state index contributed by atoms with van der Waals surface area (Å²) >= 11 is 1.69. The Hall–Kier alpha value is -7.38. The average Bonchev–Trinajstić information content (AvgIpc) is 3.89. The zero-order valence-electron chi connectivity index (χ0n) is 31.9. The van der Waals surface area contributed by atoms with Crippen molar-refractivity contribution < 1.29 is 43.9 Å². The highest BCUT2D eigenvalue weighted by Crippen LogP contribution is 2.46. The zero-order valence-corrected chi connectivity index (χ0v) is 32.8. The van der Waals surface area contributed by atoms with Crippen LogP contribution in [-0.2, 0) is 0 Å². The third-order valence-electron chi connectivity index (χ3n) is 11.0. The molecular formula is C50H24F10N2S. The van der Waals surface area contributed by atoms with Crippen LogP contribution in [0.3, 0.4) is 0 Å². The molecule has 0 fully saturated rings. The molecule has 0 saturated heterocycles. The summed E-state index contributed by atoms with van der Waals surface area (Å²) in [5.74, 6) is -23.4. The fourth-order valence-corrected chi connectivity index (χ4v) is 9.06. The third kappa shape index (κ3) is 6.41. The predicted octanol–water partition coefficient (Wildman–Crippen LogP) is 15.9. The van der Waals surface area contributed by atoms with Crippen molar-refractivity contribution in [3.8, 4) is 38.4 Å². The van der Waals surface area contributed by atoms with Crippen molar-refractivity contribution in [1.82, 2.24) is 4.57 Å². The third-order valence-corrected chi connectivity index (χ3v) is 12.1. The van der Waals surface area contributed by atoms with E-state index in [4.69, 9.17) is 0 Å². The predicted molar refractivity (Wildman–Crippen MR) is 227 cm³/mol. The molecule has 310 valence electrons. The van der Waals surface area contributed by atoms with E-state index < -0.39 is 75.0 Å². The number of rotatable bonds is 7. The summed E-state index contributed by atoms with van der Waals surface area (Å²) in [6.07, 6.45) is 0. The van der Waals surface area contributed by atoms with Crippen molar-refractivity contribution in [1.29, 1.82) is 0 Å². The summed E-state index contributed by atoms with van der Waals surface area (Å²) in [4.78, 5) is 1.78. The molecule has 0 aliphatic carbocycles. The maximum Gasteiger partial charge on any atom is 0.200 e. The first-order valence-corrected chi connectivity index (χ1v) is 19.9. The Morgan fingerprint density at radius 1 is 0.397 bits per heavy atom. The van der Waals surface area contributed by atoms with Gasteiger partial charge in [0.15, 0.2) is 46.5 Å². The van der Waals surface area contributed by atoms with Crippen molar-refractivity contribution >= 4 is 60.3 Å². The van der Waals surface area contributed by atoms with E-state index in [2.05, 4.69) is 41.0 Å². The van der Waals surface area contributed by atoms with E-state index >= 15 is 17.6 Å². The number of hydrogen-bond acceptors (Lipinski definition) is 2. The Bertz CT molecular complexity index is 3360. The van der Waals surface area contributed by atoms with E-state index in [0.29, 0.717) is 10.5 Å². The molecule has 63 heavy (non-hydrogen) atoms. The second-order valence-corrected chi connectivity index (χ2v) is 15.7. The first-order valence-electron chi connectivity index (χ1n) is 19.1. The SMILES string of the molecule is Fc1ccc(N(c2ccc(-c3ccc4c(c3)c3cc(-c5cc6ccccc6s5)ccc3n4-c3ccccc3)cc2)c2c(F)c(F)c(-c3c(F)c(F)c(F)c(F)c3F)c(F)c2F)cc1. The van der Waals surface area contributed by atoms with E-state index in [9.17, 15) is 26.3 Å². The maximum absolute atomic E-state index is 16.2. The van der Waals surface area contributed by atoms with Gasteiger partial charge in [-0.3, -0.25) is 0 Å². The molecule has 8 aromatic carbocycles. The van der Waals surface area contributed by atoms with Crippen LogP contribution in [0.15, 0.2) is 146 Å². The van der Waals surface area contributed by atoms with E-state index in [1.54, 1.807) is 23.5 Å². The molecule has 0 saturated carbocycles. The van der Waals surface area contributed by atoms with Crippen LogP contribution in [-0.4, -0.2) is 4.57 Å². The lowest BCUT2D eigenvalue weighted by atomic mass is 9.99. The van der Waals surface area contributed by atoms with Crippen molar-refractivity contribution in [2.24, 2.45) is 0 Å². The van der Waals surface area contributed by atoms with Gasteiger partial charge in [0, 0.05) is 37.4 Å². The number of halogens is 10. The molecule has 0 atom stereocenters. The van der Waals surface area contributed by atoms with Gasteiger partial charge >= 0.3 is 0 Å². The van der Waals surface area contributed by atoms with Crippen molar-refractivity contribution in [3.63, 3.8) is 0 Å². The van der Waals surface area contributed by atoms with Gasteiger partial charge in [-0.25, -0.2) is 43.9 Å². The molecule has 2 aromatic heterocycles. The van der Waals surface area contributed by atoms with Crippen LogP contribution in [0, 0.1) is 58.2 Å². The van der Waals surface area contributed by atoms with Gasteiger partial charge in [0.05, 0.1) is 22.2 Å². The second-order valence-electron chi connectivity index (χ2n) is 14.6. The number of fused-ring (bicyclic) bond motifs is 4. The monoisotopic (exact) mass is 874 g/mol. The highest BCUT2D eigenvalue weighted by molar-refractivity contribution is 7.22. The molecule has 10 rings (SSSR count). The summed E-state index contributed by atoms with van der Waals surface area (Å²) in [5.41, 5.74) is -0.965. The molecule has 0 aliphatic heterocycles. The molecule has 0 amide bonds. The Kier molecular flexibility index (Phi) is 9.59. The number of benzene rings is 8. The fourth-order valence-electron chi connectivity index (χ4n) is 8.00. The van der Waals surface area contributed by atoms with Crippen LogP contribution >= 0.6 is 11.3 Å². The van der Waals surface area contributed by atoms with Crippen LogP contribution in [0.2, 0.25) is 0 Å². The first kappa shape index (κ1) is 39.7. The van der Waals surface area contributed by atoms with Crippen LogP contribution in [0.1, 0.15) is 0 Å². The summed E-state index contributed by atoms with van der Waals surface area (Å²) in [7, 11) is 0. The lowest BCUT2D eigenvalue weighted by Gasteiger charge is -2.27. The van der Waals surface area contributed by atoms with E-state index in [0.717, 1.165) is 77.8 Å². The van der Waals surface area contributed by atoms with Crippen molar-refractivity contribution in [2.45, 2.75) is 0 Å². The van der Waals surface area contributed by atoms with E-state index in [1.165, 1.54) is 12.1 Å². The molecule has 0 radical (unpaired) electrons.